The van der Waals surface area contributed by atoms with Crippen LogP contribution < -0.4 is 0 Å². The summed E-state index contributed by atoms with van der Waals surface area (Å²) in [5.74, 6) is -0.529. The van der Waals surface area contributed by atoms with Gasteiger partial charge < -0.3 is 14.3 Å². The van der Waals surface area contributed by atoms with Gasteiger partial charge >= 0.3 is 5.97 Å². The lowest BCUT2D eigenvalue weighted by Gasteiger charge is -2.27. The normalized spacial score (nSPS) is 24.6. The first kappa shape index (κ1) is 12.4. The lowest BCUT2D eigenvalue weighted by molar-refractivity contribution is -0.770. The minimum Gasteiger partial charge on any atom is -0.466 e. The second-order valence-electron chi connectivity index (χ2n) is 3.37. The molecule has 1 aliphatic heterocycles. The monoisotopic (exact) mass is 231 g/mol. The van der Waals surface area contributed by atoms with Gasteiger partial charge in [-0.3, -0.25) is 0 Å². The van der Waals surface area contributed by atoms with E-state index in [4.69, 9.17) is 4.74 Å². The molecule has 0 saturated carbocycles. The Morgan fingerprint density at radius 1 is 1.56 bits per heavy atom. The lowest BCUT2D eigenvalue weighted by Crippen LogP contribution is -2.35. The Labute approximate surface area is 92.1 Å². The average molecular weight is 231 g/mol. The Kier molecular flexibility index (Phi) is 4.24. The number of rotatable bonds is 4. The fourth-order valence-corrected chi connectivity index (χ4v) is 1.47. The van der Waals surface area contributed by atoms with Crippen molar-refractivity contribution in [3.8, 4) is 0 Å². The maximum atomic E-state index is 11.1. The van der Waals surface area contributed by atoms with Crippen molar-refractivity contribution < 1.29 is 24.2 Å². The van der Waals surface area contributed by atoms with E-state index >= 15 is 0 Å². The molecule has 0 aromatic rings. The first-order valence-electron chi connectivity index (χ1n) is 4.74. The summed E-state index contributed by atoms with van der Waals surface area (Å²) >= 11 is 0. The zero-order chi connectivity index (χ0) is 12.1. The highest BCUT2D eigenvalue weighted by molar-refractivity contribution is 5.88. The smallest absolute Gasteiger partial charge is 0.335 e. The number of esters is 1. The molecule has 0 radical (unpaired) electrons. The maximum Gasteiger partial charge on any atom is 0.335 e. The van der Waals surface area contributed by atoms with E-state index in [0.29, 0.717) is 12.8 Å². The van der Waals surface area contributed by atoms with Crippen LogP contribution in [0.3, 0.4) is 0 Å². The van der Waals surface area contributed by atoms with Crippen LogP contribution in [0.25, 0.3) is 0 Å². The Bertz CT molecular complexity index is 294. The molecule has 1 aliphatic rings. The van der Waals surface area contributed by atoms with Crippen LogP contribution in [0.4, 0.5) is 0 Å². The Balaban J connectivity index is 2.40. The van der Waals surface area contributed by atoms with Crippen LogP contribution in [0.15, 0.2) is 12.2 Å². The molecule has 1 fully saturated rings. The SMILES string of the molecule is C=C(C(=O)OC)[C@H]1CC[C@H](O[N+](=O)[O-])CO1. The van der Waals surface area contributed by atoms with Gasteiger partial charge in [-0.25, -0.2) is 4.79 Å². The minimum atomic E-state index is -0.844. The van der Waals surface area contributed by atoms with Gasteiger partial charge in [0.1, 0.15) is 6.10 Å². The summed E-state index contributed by atoms with van der Waals surface area (Å²) in [5, 5.41) is 9.23. The number of carbonyl (C=O) groups is 1. The van der Waals surface area contributed by atoms with Crippen molar-refractivity contribution in [1.82, 2.24) is 0 Å². The Morgan fingerprint density at radius 2 is 2.25 bits per heavy atom. The zero-order valence-electron chi connectivity index (χ0n) is 8.88. The van der Waals surface area contributed by atoms with E-state index in [1.54, 1.807) is 0 Å². The molecule has 90 valence electrons. The van der Waals surface area contributed by atoms with Crippen molar-refractivity contribution in [2.24, 2.45) is 0 Å². The van der Waals surface area contributed by atoms with Crippen LogP contribution in [0.5, 0.6) is 0 Å². The predicted octanol–water partition coefficient (Wildman–Crippen LogP) is 0.471. The zero-order valence-corrected chi connectivity index (χ0v) is 8.88. The molecule has 0 spiro atoms. The molecule has 0 aromatic carbocycles. The molecular formula is C9H13NO6. The summed E-state index contributed by atoms with van der Waals surface area (Å²) in [6.07, 6.45) is -0.121. The molecule has 7 heteroatoms. The van der Waals surface area contributed by atoms with Crippen molar-refractivity contribution in [2.45, 2.75) is 25.0 Å². The van der Waals surface area contributed by atoms with Gasteiger partial charge in [0.05, 0.1) is 25.4 Å². The van der Waals surface area contributed by atoms with Crippen molar-refractivity contribution >= 4 is 5.97 Å². The fourth-order valence-electron chi connectivity index (χ4n) is 1.47. The summed E-state index contributed by atoms with van der Waals surface area (Å²) in [5.41, 5.74) is 0.224. The van der Waals surface area contributed by atoms with Gasteiger partial charge in [-0.15, -0.1) is 10.1 Å². The van der Waals surface area contributed by atoms with E-state index < -0.39 is 23.3 Å². The van der Waals surface area contributed by atoms with Gasteiger partial charge in [-0.2, -0.15) is 0 Å². The molecule has 1 heterocycles. The molecule has 0 aromatic heterocycles. The molecule has 0 aliphatic carbocycles. The van der Waals surface area contributed by atoms with Crippen LogP contribution in [-0.2, 0) is 19.1 Å². The Morgan fingerprint density at radius 3 is 2.69 bits per heavy atom. The third-order valence-corrected chi connectivity index (χ3v) is 2.31. The molecular weight excluding hydrogens is 218 g/mol. The molecule has 0 amide bonds. The first-order valence-corrected chi connectivity index (χ1v) is 4.74. The lowest BCUT2D eigenvalue weighted by atomic mass is 10.0. The number of hydrogen-bond acceptors (Lipinski definition) is 6. The second kappa shape index (κ2) is 5.45. The van der Waals surface area contributed by atoms with Crippen molar-refractivity contribution in [1.29, 1.82) is 0 Å². The standard InChI is InChI=1S/C9H13NO6/c1-6(9(11)14-2)8-4-3-7(5-15-8)16-10(12)13/h7-8H,1,3-5H2,2H3/t7-,8+/m0/s1. The topological polar surface area (TPSA) is 87.9 Å². The number of ether oxygens (including phenoxy) is 2. The quantitative estimate of drug-likeness (QED) is 0.302. The third-order valence-electron chi connectivity index (χ3n) is 2.31. The van der Waals surface area contributed by atoms with E-state index in [-0.39, 0.29) is 12.2 Å². The number of nitrogens with zero attached hydrogens (tertiary/aromatic N) is 1. The summed E-state index contributed by atoms with van der Waals surface area (Å²) < 4.78 is 9.75. The molecule has 1 rings (SSSR count). The van der Waals surface area contributed by atoms with E-state index in [1.807, 2.05) is 0 Å². The van der Waals surface area contributed by atoms with Crippen LogP contribution in [0, 0.1) is 10.1 Å². The Hall–Kier alpha value is -1.63. The van der Waals surface area contributed by atoms with E-state index in [9.17, 15) is 14.9 Å². The predicted molar refractivity (Wildman–Crippen MR) is 52.0 cm³/mol. The molecule has 0 unspecified atom stereocenters. The van der Waals surface area contributed by atoms with Gasteiger partial charge in [0.15, 0.2) is 0 Å². The highest BCUT2D eigenvalue weighted by Gasteiger charge is 2.28. The van der Waals surface area contributed by atoms with Crippen molar-refractivity contribution in [3.63, 3.8) is 0 Å². The minimum absolute atomic E-state index is 0.0711. The maximum absolute atomic E-state index is 11.1. The van der Waals surface area contributed by atoms with Crippen molar-refractivity contribution in [2.75, 3.05) is 13.7 Å². The van der Waals surface area contributed by atoms with Gasteiger partial charge in [-0.05, 0) is 12.8 Å². The highest BCUT2D eigenvalue weighted by Crippen LogP contribution is 2.21. The molecule has 16 heavy (non-hydrogen) atoms. The van der Waals surface area contributed by atoms with Crippen LogP contribution in [0.2, 0.25) is 0 Å². The van der Waals surface area contributed by atoms with E-state index in [0.717, 1.165) is 0 Å². The third kappa shape index (κ3) is 3.20. The van der Waals surface area contributed by atoms with Crippen molar-refractivity contribution in [3.05, 3.63) is 22.3 Å². The first-order chi connectivity index (χ1) is 7.54. The number of hydrogen-bond donors (Lipinski definition) is 0. The molecule has 2 atom stereocenters. The summed E-state index contributed by atoms with van der Waals surface area (Å²) in [4.78, 5) is 25.6. The molecule has 0 N–H and O–H groups in total. The van der Waals surface area contributed by atoms with Crippen LogP contribution >= 0.6 is 0 Å². The molecule has 1 saturated heterocycles. The summed E-state index contributed by atoms with van der Waals surface area (Å²) in [6.45, 7) is 3.63. The second-order valence-corrected chi connectivity index (χ2v) is 3.37. The van der Waals surface area contributed by atoms with Crippen LogP contribution in [-0.4, -0.2) is 37.0 Å². The summed E-state index contributed by atoms with van der Waals surface area (Å²) in [6, 6.07) is 0. The number of methoxy groups -OCH3 is 1. The van der Waals surface area contributed by atoms with Gasteiger partial charge in [-0.1, -0.05) is 6.58 Å². The fraction of sp³-hybridized carbons (Fsp3) is 0.667. The van der Waals surface area contributed by atoms with Gasteiger partial charge in [0.2, 0.25) is 0 Å². The van der Waals surface area contributed by atoms with Crippen LogP contribution in [0.1, 0.15) is 12.8 Å². The average Bonchev–Trinajstić information content (AvgIpc) is 2.27. The molecule has 7 nitrogen and oxygen atoms in total. The van der Waals surface area contributed by atoms with E-state index in [2.05, 4.69) is 16.2 Å². The van der Waals surface area contributed by atoms with Gasteiger partial charge in [0.25, 0.3) is 5.09 Å². The summed E-state index contributed by atoms with van der Waals surface area (Å²) in [7, 11) is 1.26. The van der Waals surface area contributed by atoms with Gasteiger partial charge in [0, 0.05) is 0 Å². The van der Waals surface area contributed by atoms with E-state index in [1.165, 1.54) is 7.11 Å². The largest absolute Gasteiger partial charge is 0.466 e. The number of carbonyl (C=O) groups excluding carboxylic acids is 1. The highest BCUT2D eigenvalue weighted by atomic mass is 17.0. The molecule has 0 bridgehead atoms.